The number of amides is 1. The summed E-state index contributed by atoms with van der Waals surface area (Å²) < 4.78 is 5.40. The molecule has 108 valence electrons. The molecule has 6 heteroatoms. The monoisotopic (exact) mass is 286 g/mol. The molecule has 0 bridgehead atoms. The number of rotatable bonds is 6. The molecular formula is C15H14N2O4. The highest BCUT2D eigenvalue weighted by Crippen LogP contribution is 2.14. The standard InChI is InChI=1S/C15H14N2O4/c18-14(7-9-21-11-4-2-1-3-5-11)17-13-10-16-8-6-12(13)15(19)20/h1-6,8,10H,7,9H2,(H,17,18)(H,19,20). The minimum absolute atomic E-state index is 0.00216. The van der Waals surface area contributed by atoms with Gasteiger partial charge in [-0.3, -0.25) is 9.78 Å². The number of carbonyl (C=O) groups excluding carboxylic acids is 1. The fourth-order valence-corrected chi connectivity index (χ4v) is 1.67. The van der Waals surface area contributed by atoms with Crippen LogP contribution in [0, 0.1) is 0 Å². The number of aromatic nitrogens is 1. The van der Waals surface area contributed by atoms with Crippen LogP contribution < -0.4 is 10.1 Å². The second-order valence-electron chi connectivity index (χ2n) is 4.19. The van der Waals surface area contributed by atoms with Crippen LogP contribution in [0.2, 0.25) is 0 Å². The van der Waals surface area contributed by atoms with Gasteiger partial charge >= 0.3 is 5.97 Å². The molecule has 0 unspecified atom stereocenters. The van der Waals surface area contributed by atoms with Gasteiger partial charge in [0.15, 0.2) is 0 Å². The molecule has 6 nitrogen and oxygen atoms in total. The van der Waals surface area contributed by atoms with Gasteiger partial charge in [-0.15, -0.1) is 0 Å². The number of aromatic carboxylic acids is 1. The highest BCUT2D eigenvalue weighted by atomic mass is 16.5. The van der Waals surface area contributed by atoms with Gasteiger partial charge in [0.05, 0.1) is 30.5 Å². The van der Waals surface area contributed by atoms with Crippen molar-refractivity contribution in [2.24, 2.45) is 0 Å². The summed E-state index contributed by atoms with van der Waals surface area (Å²) in [7, 11) is 0. The van der Waals surface area contributed by atoms with E-state index in [9.17, 15) is 9.59 Å². The summed E-state index contributed by atoms with van der Waals surface area (Å²) in [5.41, 5.74) is 0.178. The zero-order valence-electron chi connectivity index (χ0n) is 11.2. The van der Waals surface area contributed by atoms with Gasteiger partial charge in [-0.05, 0) is 18.2 Å². The number of hydrogen-bond acceptors (Lipinski definition) is 4. The van der Waals surface area contributed by atoms with Crippen molar-refractivity contribution in [2.45, 2.75) is 6.42 Å². The molecule has 0 fully saturated rings. The largest absolute Gasteiger partial charge is 0.493 e. The van der Waals surface area contributed by atoms with Crippen molar-refractivity contribution in [3.05, 3.63) is 54.4 Å². The van der Waals surface area contributed by atoms with Crippen molar-refractivity contribution >= 4 is 17.6 Å². The van der Waals surface area contributed by atoms with Crippen LogP contribution in [0.5, 0.6) is 5.75 Å². The molecule has 2 N–H and O–H groups in total. The number of nitrogens with one attached hydrogen (secondary N) is 1. The van der Waals surface area contributed by atoms with E-state index in [1.807, 2.05) is 18.2 Å². The summed E-state index contributed by atoms with van der Waals surface area (Å²) in [5.74, 6) is -0.771. The summed E-state index contributed by atoms with van der Waals surface area (Å²) in [6.45, 7) is 0.207. The topological polar surface area (TPSA) is 88.5 Å². The van der Waals surface area contributed by atoms with Crippen LogP contribution in [0.1, 0.15) is 16.8 Å². The molecule has 0 saturated heterocycles. The highest BCUT2D eigenvalue weighted by molar-refractivity contribution is 6.00. The lowest BCUT2D eigenvalue weighted by molar-refractivity contribution is -0.116. The Morgan fingerprint density at radius 3 is 2.67 bits per heavy atom. The molecule has 1 heterocycles. The summed E-state index contributed by atoms with van der Waals surface area (Å²) in [6, 6.07) is 10.5. The zero-order chi connectivity index (χ0) is 15.1. The maximum absolute atomic E-state index is 11.8. The Labute approximate surface area is 121 Å². The van der Waals surface area contributed by atoms with Crippen LogP contribution in [0.3, 0.4) is 0 Å². The van der Waals surface area contributed by atoms with E-state index in [-0.39, 0.29) is 30.2 Å². The smallest absolute Gasteiger partial charge is 0.337 e. The molecule has 1 aromatic carbocycles. The van der Waals surface area contributed by atoms with Crippen LogP contribution in [0.25, 0.3) is 0 Å². The lowest BCUT2D eigenvalue weighted by Gasteiger charge is -2.08. The Morgan fingerprint density at radius 2 is 1.95 bits per heavy atom. The van der Waals surface area contributed by atoms with Gasteiger partial charge in [0.25, 0.3) is 0 Å². The van der Waals surface area contributed by atoms with Gasteiger partial charge in [-0.2, -0.15) is 0 Å². The van der Waals surface area contributed by atoms with E-state index < -0.39 is 5.97 Å². The third-order valence-corrected chi connectivity index (χ3v) is 2.67. The second-order valence-corrected chi connectivity index (χ2v) is 4.19. The van der Waals surface area contributed by atoms with Crippen molar-refractivity contribution in [1.29, 1.82) is 0 Å². The number of anilines is 1. The summed E-state index contributed by atoms with van der Waals surface area (Å²) in [4.78, 5) is 26.6. The fourth-order valence-electron chi connectivity index (χ4n) is 1.67. The molecule has 0 saturated carbocycles. The average molecular weight is 286 g/mol. The van der Waals surface area contributed by atoms with Crippen LogP contribution in [-0.4, -0.2) is 28.6 Å². The summed E-state index contributed by atoms with van der Waals surface area (Å²) in [5, 5.41) is 11.5. The van der Waals surface area contributed by atoms with Gasteiger partial charge in [0.1, 0.15) is 5.75 Å². The number of pyridine rings is 1. The molecule has 0 aliphatic heterocycles. The van der Waals surface area contributed by atoms with Crippen LogP contribution in [-0.2, 0) is 4.79 Å². The van der Waals surface area contributed by atoms with E-state index in [1.165, 1.54) is 18.5 Å². The molecule has 0 spiro atoms. The predicted molar refractivity (Wildman–Crippen MR) is 76.4 cm³/mol. The quantitative estimate of drug-likeness (QED) is 0.849. The third kappa shape index (κ3) is 4.31. The van der Waals surface area contributed by atoms with E-state index in [4.69, 9.17) is 9.84 Å². The fraction of sp³-hybridized carbons (Fsp3) is 0.133. The van der Waals surface area contributed by atoms with Gasteiger partial charge in [-0.1, -0.05) is 18.2 Å². The minimum atomic E-state index is -1.12. The number of carboxylic acid groups (broad SMARTS) is 1. The molecule has 21 heavy (non-hydrogen) atoms. The van der Waals surface area contributed by atoms with E-state index in [0.717, 1.165) is 0 Å². The van der Waals surface area contributed by atoms with E-state index in [1.54, 1.807) is 12.1 Å². The van der Waals surface area contributed by atoms with Gasteiger partial charge in [-0.25, -0.2) is 4.79 Å². The first-order valence-corrected chi connectivity index (χ1v) is 6.32. The SMILES string of the molecule is O=C(CCOc1ccccc1)Nc1cnccc1C(=O)O. The zero-order valence-corrected chi connectivity index (χ0v) is 11.2. The normalized spacial score (nSPS) is 9.90. The Bertz CT molecular complexity index is 629. The van der Waals surface area contributed by atoms with Crippen molar-refractivity contribution in [3.63, 3.8) is 0 Å². The number of para-hydroxylation sites is 1. The number of carboxylic acids is 1. The van der Waals surface area contributed by atoms with E-state index in [0.29, 0.717) is 5.75 Å². The molecule has 0 radical (unpaired) electrons. The molecule has 1 amide bonds. The molecule has 0 atom stereocenters. The Hall–Kier alpha value is -2.89. The van der Waals surface area contributed by atoms with Crippen molar-refractivity contribution in [1.82, 2.24) is 4.98 Å². The first-order valence-electron chi connectivity index (χ1n) is 6.32. The van der Waals surface area contributed by atoms with Gasteiger partial charge < -0.3 is 15.2 Å². The Morgan fingerprint density at radius 1 is 1.19 bits per heavy atom. The maximum atomic E-state index is 11.8. The van der Waals surface area contributed by atoms with Crippen molar-refractivity contribution in [2.75, 3.05) is 11.9 Å². The number of ether oxygens (including phenoxy) is 1. The second kappa shape index (κ2) is 7.04. The number of benzene rings is 1. The number of hydrogen-bond donors (Lipinski definition) is 2. The summed E-state index contributed by atoms with van der Waals surface area (Å²) >= 11 is 0. The van der Waals surface area contributed by atoms with Gasteiger partial charge in [0.2, 0.25) is 5.91 Å². The number of carbonyl (C=O) groups is 2. The lowest BCUT2D eigenvalue weighted by atomic mass is 10.2. The lowest BCUT2D eigenvalue weighted by Crippen LogP contribution is -2.17. The first kappa shape index (κ1) is 14.5. The van der Waals surface area contributed by atoms with E-state index in [2.05, 4.69) is 10.3 Å². The average Bonchev–Trinajstić information content (AvgIpc) is 2.48. The van der Waals surface area contributed by atoms with Crippen molar-refractivity contribution < 1.29 is 19.4 Å². The molecule has 2 rings (SSSR count). The maximum Gasteiger partial charge on any atom is 0.337 e. The van der Waals surface area contributed by atoms with E-state index >= 15 is 0 Å². The Balaban J connectivity index is 1.86. The Kier molecular flexibility index (Phi) is 4.87. The van der Waals surface area contributed by atoms with Crippen LogP contribution >= 0.6 is 0 Å². The van der Waals surface area contributed by atoms with Gasteiger partial charge in [0, 0.05) is 6.20 Å². The molecular weight excluding hydrogens is 272 g/mol. The first-order chi connectivity index (χ1) is 10.2. The molecule has 1 aromatic heterocycles. The third-order valence-electron chi connectivity index (χ3n) is 2.67. The molecule has 0 aliphatic rings. The van der Waals surface area contributed by atoms with Crippen molar-refractivity contribution in [3.8, 4) is 5.75 Å². The van der Waals surface area contributed by atoms with Crippen LogP contribution in [0.4, 0.5) is 5.69 Å². The molecule has 2 aromatic rings. The minimum Gasteiger partial charge on any atom is -0.493 e. The summed E-state index contributed by atoms with van der Waals surface area (Å²) in [6.07, 6.45) is 2.78. The van der Waals surface area contributed by atoms with Crippen LogP contribution in [0.15, 0.2) is 48.8 Å². The number of nitrogens with zero attached hydrogens (tertiary/aromatic N) is 1. The highest BCUT2D eigenvalue weighted by Gasteiger charge is 2.12. The predicted octanol–water partition coefficient (Wildman–Crippen LogP) is 2.19. The molecule has 0 aliphatic carbocycles.